The molecule has 2 aromatic heterocycles. The summed E-state index contributed by atoms with van der Waals surface area (Å²) in [5, 5.41) is 3.65. The fourth-order valence-electron chi connectivity index (χ4n) is 3.72. The van der Waals surface area contributed by atoms with Gasteiger partial charge < -0.3 is 9.73 Å². The van der Waals surface area contributed by atoms with Crippen LogP contribution >= 0.6 is 11.3 Å². The molecule has 1 N–H and O–H groups in total. The molecule has 31 heavy (non-hydrogen) atoms. The van der Waals surface area contributed by atoms with E-state index in [-0.39, 0.29) is 18.4 Å². The number of rotatable bonds is 5. The van der Waals surface area contributed by atoms with Gasteiger partial charge in [-0.1, -0.05) is 36.9 Å². The predicted octanol–water partition coefficient (Wildman–Crippen LogP) is 4.69. The number of fused-ring (bicyclic) bond motifs is 2. The Morgan fingerprint density at radius 3 is 2.65 bits per heavy atom. The summed E-state index contributed by atoms with van der Waals surface area (Å²) in [5.74, 6) is 0.793. The van der Waals surface area contributed by atoms with E-state index in [1.807, 2.05) is 48.5 Å². The number of benzene rings is 2. The number of hydrogen-bond acceptors (Lipinski definition) is 5. The number of hydrogen-bond donors (Lipinski definition) is 1. The molecule has 0 spiro atoms. The molecule has 6 nitrogen and oxygen atoms in total. The average molecular weight is 430 g/mol. The highest BCUT2D eigenvalue weighted by atomic mass is 32.1. The normalized spacial score (nSPS) is 14.2. The maximum absolute atomic E-state index is 12.7. The van der Waals surface area contributed by atoms with Crippen molar-refractivity contribution in [2.75, 3.05) is 0 Å². The number of nitrogens with zero attached hydrogens (tertiary/aromatic N) is 2. The van der Waals surface area contributed by atoms with Gasteiger partial charge in [-0.3, -0.25) is 14.5 Å². The molecule has 0 saturated heterocycles. The fraction of sp³-hybridized carbons (Fsp3) is 0.125. The summed E-state index contributed by atoms with van der Waals surface area (Å²) >= 11 is 1.56. The SMILES string of the molecule is C=C1c2ccccc2C(=O)N1[C@@H](C)C(=O)NCc1ccc(-c2nc3ccccc3s2)o1. The summed E-state index contributed by atoms with van der Waals surface area (Å²) in [6, 6.07) is 18.1. The van der Waals surface area contributed by atoms with E-state index in [2.05, 4.69) is 16.9 Å². The highest BCUT2D eigenvalue weighted by molar-refractivity contribution is 7.21. The Kier molecular flexibility index (Phi) is 4.67. The summed E-state index contributed by atoms with van der Waals surface area (Å²) in [5.41, 5.74) is 2.80. The second-order valence-electron chi connectivity index (χ2n) is 7.31. The van der Waals surface area contributed by atoms with Gasteiger partial charge in [0.15, 0.2) is 10.8 Å². The minimum Gasteiger partial charge on any atom is -0.457 e. The van der Waals surface area contributed by atoms with Gasteiger partial charge in [-0.25, -0.2) is 4.98 Å². The van der Waals surface area contributed by atoms with Crippen molar-refractivity contribution < 1.29 is 14.0 Å². The van der Waals surface area contributed by atoms with Crippen LogP contribution in [-0.2, 0) is 11.3 Å². The number of furan rings is 1. The maximum atomic E-state index is 12.7. The van der Waals surface area contributed by atoms with Crippen molar-refractivity contribution in [1.82, 2.24) is 15.2 Å². The Balaban J connectivity index is 1.26. The Hall–Kier alpha value is -3.71. The quantitative estimate of drug-likeness (QED) is 0.500. The number of aromatic nitrogens is 1. The van der Waals surface area contributed by atoms with Gasteiger partial charge >= 0.3 is 0 Å². The van der Waals surface area contributed by atoms with Gasteiger partial charge in [0, 0.05) is 16.8 Å². The van der Waals surface area contributed by atoms with Crippen molar-refractivity contribution in [3.63, 3.8) is 0 Å². The molecule has 0 fully saturated rings. The first kappa shape index (κ1) is 19.3. The first-order chi connectivity index (χ1) is 15.0. The van der Waals surface area contributed by atoms with E-state index in [1.54, 1.807) is 30.4 Å². The molecule has 1 aliphatic rings. The van der Waals surface area contributed by atoms with E-state index >= 15 is 0 Å². The molecule has 7 heteroatoms. The van der Waals surface area contributed by atoms with Gasteiger partial charge in [0.1, 0.15) is 11.8 Å². The summed E-state index contributed by atoms with van der Waals surface area (Å²) in [4.78, 5) is 31.5. The van der Waals surface area contributed by atoms with Crippen LogP contribution in [-0.4, -0.2) is 27.7 Å². The van der Waals surface area contributed by atoms with Gasteiger partial charge in [0.05, 0.1) is 16.8 Å². The Bertz CT molecular complexity index is 1270. The second-order valence-corrected chi connectivity index (χ2v) is 8.34. The van der Waals surface area contributed by atoms with Gasteiger partial charge in [0.25, 0.3) is 5.91 Å². The molecule has 2 aromatic carbocycles. The molecule has 5 rings (SSSR count). The molecule has 154 valence electrons. The Morgan fingerprint density at radius 2 is 1.87 bits per heavy atom. The average Bonchev–Trinajstić information content (AvgIpc) is 3.49. The van der Waals surface area contributed by atoms with Crippen molar-refractivity contribution in [3.05, 3.63) is 84.1 Å². The molecule has 1 atom stereocenters. The molecule has 0 bridgehead atoms. The summed E-state index contributed by atoms with van der Waals surface area (Å²) in [7, 11) is 0. The minimum atomic E-state index is -0.689. The van der Waals surface area contributed by atoms with Crippen LogP contribution in [0.2, 0.25) is 0 Å². The number of carbonyl (C=O) groups is 2. The summed E-state index contributed by atoms with van der Waals surface area (Å²) < 4.78 is 6.97. The van der Waals surface area contributed by atoms with Gasteiger partial charge in [-0.2, -0.15) is 0 Å². The highest BCUT2D eigenvalue weighted by Crippen LogP contribution is 2.33. The predicted molar refractivity (Wildman–Crippen MR) is 120 cm³/mol. The van der Waals surface area contributed by atoms with E-state index < -0.39 is 6.04 Å². The van der Waals surface area contributed by atoms with Gasteiger partial charge in [-0.15, -0.1) is 11.3 Å². The lowest BCUT2D eigenvalue weighted by molar-refractivity contribution is -0.124. The first-order valence-corrected chi connectivity index (χ1v) is 10.7. The van der Waals surface area contributed by atoms with Crippen LogP contribution in [0.4, 0.5) is 0 Å². The largest absolute Gasteiger partial charge is 0.457 e. The van der Waals surface area contributed by atoms with Crippen molar-refractivity contribution in [1.29, 1.82) is 0 Å². The summed E-state index contributed by atoms with van der Waals surface area (Å²) in [6.07, 6.45) is 0. The van der Waals surface area contributed by atoms with Crippen LogP contribution < -0.4 is 5.32 Å². The second kappa shape index (κ2) is 7.52. The number of para-hydroxylation sites is 1. The molecular formula is C24H19N3O3S. The van der Waals surface area contributed by atoms with E-state index in [0.717, 1.165) is 20.8 Å². The third-order valence-corrected chi connectivity index (χ3v) is 6.40. The highest BCUT2D eigenvalue weighted by Gasteiger charge is 2.36. The lowest BCUT2D eigenvalue weighted by atomic mass is 10.1. The molecule has 0 saturated carbocycles. The first-order valence-electron chi connectivity index (χ1n) is 9.87. The number of amides is 2. The van der Waals surface area contributed by atoms with Gasteiger partial charge in [-0.05, 0) is 37.3 Å². The number of carbonyl (C=O) groups excluding carboxylic acids is 2. The lowest BCUT2D eigenvalue weighted by Crippen LogP contribution is -2.44. The zero-order chi connectivity index (χ0) is 21.5. The monoisotopic (exact) mass is 429 g/mol. The lowest BCUT2D eigenvalue weighted by Gasteiger charge is -2.24. The van der Waals surface area contributed by atoms with Gasteiger partial charge in [0.2, 0.25) is 5.91 Å². The molecule has 0 radical (unpaired) electrons. The molecule has 1 aliphatic heterocycles. The molecule has 4 aromatic rings. The Labute approximate surface area is 182 Å². The third kappa shape index (κ3) is 3.33. The molecule has 0 aliphatic carbocycles. The topological polar surface area (TPSA) is 75.4 Å². The molecule has 0 unspecified atom stereocenters. The van der Waals surface area contributed by atoms with E-state index in [4.69, 9.17) is 4.42 Å². The van der Waals surface area contributed by atoms with Crippen molar-refractivity contribution in [2.45, 2.75) is 19.5 Å². The van der Waals surface area contributed by atoms with Crippen LogP contribution in [0.3, 0.4) is 0 Å². The van der Waals surface area contributed by atoms with E-state index in [1.165, 1.54) is 4.90 Å². The van der Waals surface area contributed by atoms with Crippen molar-refractivity contribution in [2.24, 2.45) is 0 Å². The van der Waals surface area contributed by atoms with Crippen molar-refractivity contribution >= 4 is 39.1 Å². The zero-order valence-electron chi connectivity index (χ0n) is 16.8. The van der Waals surface area contributed by atoms with Crippen LogP contribution in [0.25, 0.3) is 26.7 Å². The minimum absolute atomic E-state index is 0.209. The smallest absolute Gasteiger partial charge is 0.259 e. The molecular weight excluding hydrogens is 410 g/mol. The standard InChI is InChI=1S/C24H19N3O3S/c1-14-17-7-3-4-8-18(17)24(29)27(14)15(2)22(28)25-13-16-11-12-20(30-16)23-26-19-9-5-6-10-21(19)31-23/h3-12,15H,1,13H2,2H3,(H,25,28)/t15-/m0/s1. The van der Waals surface area contributed by atoms with Crippen LogP contribution in [0.15, 0.2) is 71.7 Å². The van der Waals surface area contributed by atoms with E-state index in [9.17, 15) is 9.59 Å². The zero-order valence-corrected chi connectivity index (χ0v) is 17.6. The van der Waals surface area contributed by atoms with Crippen LogP contribution in [0.5, 0.6) is 0 Å². The molecule has 2 amide bonds. The number of thiazole rings is 1. The number of nitrogens with one attached hydrogen (secondary N) is 1. The maximum Gasteiger partial charge on any atom is 0.259 e. The molecule has 3 heterocycles. The third-order valence-electron chi connectivity index (χ3n) is 5.35. The van der Waals surface area contributed by atoms with Crippen LogP contribution in [0.1, 0.15) is 28.6 Å². The van der Waals surface area contributed by atoms with Crippen LogP contribution in [0, 0.1) is 0 Å². The van der Waals surface area contributed by atoms with Crippen molar-refractivity contribution in [3.8, 4) is 10.8 Å². The fourth-order valence-corrected chi connectivity index (χ4v) is 4.65. The summed E-state index contributed by atoms with van der Waals surface area (Å²) in [6.45, 7) is 5.92. The Morgan fingerprint density at radius 1 is 1.13 bits per heavy atom. The van der Waals surface area contributed by atoms with E-state index in [0.29, 0.717) is 22.8 Å².